The van der Waals surface area contributed by atoms with Gasteiger partial charge in [0.2, 0.25) is 0 Å². The number of carbonyl (C=O) groups excluding carboxylic acids is 2. The van der Waals surface area contributed by atoms with Crippen molar-refractivity contribution in [2.24, 2.45) is 0 Å². The Morgan fingerprint density at radius 2 is 1.84 bits per heavy atom. The smallest absolute Gasteiger partial charge is 0.332 e. The molecule has 0 aliphatic carbocycles. The Balaban J connectivity index is 1.67. The molecule has 1 aliphatic rings. The fourth-order valence-electron chi connectivity index (χ4n) is 2.78. The van der Waals surface area contributed by atoms with Gasteiger partial charge in [-0.05, 0) is 44.2 Å². The van der Waals surface area contributed by atoms with Gasteiger partial charge >= 0.3 is 6.03 Å². The molecule has 0 saturated carbocycles. The molecule has 130 valence electrons. The van der Waals surface area contributed by atoms with Crippen LogP contribution in [0.15, 0.2) is 48.5 Å². The van der Waals surface area contributed by atoms with E-state index in [1.54, 1.807) is 31.2 Å². The molecule has 0 bridgehead atoms. The van der Waals surface area contributed by atoms with E-state index < -0.39 is 6.04 Å². The van der Waals surface area contributed by atoms with Gasteiger partial charge in [-0.25, -0.2) is 4.79 Å². The predicted molar refractivity (Wildman–Crippen MR) is 97.2 cm³/mol. The fourth-order valence-corrected chi connectivity index (χ4v) is 2.96. The van der Waals surface area contributed by atoms with Gasteiger partial charge in [0.25, 0.3) is 5.91 Å². The number of amides is 3. The van der Waals surface area contributed by atoms with Crippen molar-refractivity contribution in [3.05, 3.63) is 59.1 Å². The monoisotopic (exact) mass is 358 g/mol. The average molecular weight is 359 g/mol. The molecule has 1 unspecified atom stereocenters. The summed E-state index contributed by atoms with van der Waals surface area (Å²) in [6.45, 7) is 4.12. The summed E-state index contributed by atoms with van der Waals surface area (Å²) in [6.07, 6.45) is 0. The topological polar surface area (TPSA) is 49.9 Å². The van der Waals surface area contributed by atoms with Crippen molar-refractivity contribution >= 4 is 29.2 Å². The van der Waals surface area contributed by atoms with Crippen LogP contribution in [-0.2, 0) is 4.79 Å². The summed E-state index contributed by atoms with van der Waals surface area (Å²) >= 11 is 5.91. The lowest BCUT2D eigenvalue weighted by atomic mass is 10.2. The molecule has 1 aliphatic heterocycles. The van der Waals surface area contributed by atoms with Crippen molar-refractivity contribution in [3.63, 3.8) is 0 Å². The van der Waals surface area contributed by atoms with Crippen LogP contribution in [0.2, 0.25) is 5.02 Å². The molecule has 1 saturated heterocycles. The lowest BCUT2D eigenvalue weighted by molar-refractivity contribution is -0.127. The Kier molecular flexibility index (Phi) is 4.95. The summed E-state index contributed by atoms with van der Waals surface area (Å²) in [5.41, 5.74) is 1.82. The van der Waals surface area contributed by atoms with E-state index >= 15 is 0 Å². The molecule has 1 fully saturated rings. The zero-order valence-electron chi connectivity index (χ0n) is 14.1. The molecule has 5 nitrogen and oxygen atoms in total. The summed E-state index contributed by atoms with van der Waals surface area (Å²) in [7, 11) is 0. The van der Waals surface area contributed by atoms with Crippen molar-refractivity contribution < 1.29 is 14.3 Å². The maximum atomic E-state index is 12.7. The standard InChI is InChI=1S/C19H19ClN2O3/c1-13-6-8-16(9-7-13)22-14(2)18(23)21(19(22)24)10-11-25-17-5-3-4-15(20)12-17/h3-9,12,14H,10-11H2,1-2H3. The first-order valence-corrected chi connectivity index (χ1v) is 8.45. The number of halogens is 1. The fraction of sp³-hybridized carbons (Fsp3) is 0.263. The van der Waals surface area contributed by atoms with Crippen molar-refractivity contribution in [1.82, 2.24) is 4.90 Å². The molecule has 25 heavy (non-hydrogen) atoms. The Hall–Kier alpha value is -2.53. The van der Waals surface area contributed by atoms with E-state index in [0.29, 0.717) is 10.8 Å². The maximum Gasteiger partial charge on any atom is 0.332 e. The van der Waals surface area contributed by atoms with E-state index in [1.807, 2.05) is 31.2 Å². The second-order valence-electron chi connectivity index (χ2n) is 5.96. The normalized spacial score (nSPS) is 17.3. The molecule has 3 amide bonds. The molecule has 3 rings (SSSR count). The molecular weight excluding hydrogens is 340 g/mol. The summed E-state index contributed by atoms with van der Waals surface area (Å²) in [5, 5.41) is 0.574. The SMILES string of the molecule is Cc1ccc(N2C(=O)N(CCOc3cccc(Cl)c3)C(=O)C2C)cc1. The first-order valence-electron chi connectivity index (χ1n) is 8.07. The molecule has 0 radical (unpaired) electrons. The van der Waals surface area contributed by atoms with Gasteiger partial charge in [-0.15, -0.1) is 0 Å². The Labute approximate surface area is 151 Å². The summed E-state index contributed by atoms with van der Waals surface area (Å²) in [4.78, 5) is 27.9. The van der Waals surface area contributed by atoms with E-state index in [-0.39, 0.29) is 25.1 Å². The van der Waals surface area contributed by atoms with Gasteiger partial charge in [0.1, 0.15) is 18.4 Å². The van der Waals surface area contributed by atoms with E-state index in [2.05, 4.69) is 0 Å². The average Bonchev–Trinajstić information content (AvgIpc) is 2.79. The molecular formula is C19H19ClN2O3. The number of imide groups is 1. The number of nitrogens with zero attached hydrogens (tertiary/aromatic N) is 2. The quantitative estimate of drug-likeness (QED) is 0.762. The van der Waals surface area contributed by atoms with Crippen LogP contribution in [0.1, 0.15) is 12.5 Å². The van der Waals surface area contributed by atoms with Crippen LogP contribution in [0.5, 0.6) is 5.75 Å². The number of urea groups is 1. The molecule has 6 heteroatoms. The van der Waals surface area contributed by atoms with Crippen LogP contribution in [0, 0.1) is 6.92 Å². The van der Waals surface area contributed by atoms with Gasteiger partial charge in [-0.1, -0.05) is 35.4 Å². The predicted octanol–water partition coefficient (Wildman–Crippen LogP) is 3.88. The molecule has 0 aromatic heterocycles. The van der Waals surface area contributed by atoms with Gasteiger partial charge in [0.05, 0.1) is 6.54 Å². The van der Waals surface area contributed by atoms with Crippen LogP contribution in [0.4, 0.5) is 10.5 Å². The number of benzene rings is 2. The number of hydrogen-bond acceptors (Lipinski definition) is 3. The van der Waals surface area contributed by atoms with E-state index in [0.717, 1.165) is 11.3 Å². The van der Waals surface area contributed by atoms with Crippen molar-refractivity contribution in [2.75, 3.05) is 18.1 Å². The van der Waals surface area contributed by atoms with Gasteiger partial charge in [-0.2, -0.15) is 0 Å². The van der Waals surface area contributed by atoms with E-state index in [1.165, 1.54) is 9.80 Å². The van der Waals surface area contributed by atoms with Crippen LogP contribution < -0.4 is 9.64 Å². The number of anilines is 1. The maximum absolute atomic E-state index is 12.7. The zero-order chi connectivity index (χ0) is 18.0. The lowest BCUT2D eigenvalue weighted by Crippen LogP contribution is -2.36. The third-order valence-corrected chi connectivity index (χ3v) is 4.37. The molecule has 2 aromatic rings. The zero-order valence-corrected chi connectivity index (χ0v) is 14.9. The Morgan fingerprint density at radius 1 is 1.12 bits per heavy atom. The first kappa shape index (κ1) is 17.3. The molecule has 1 atom stereocenters. The molecule has 0 N–H and O–H groups in total. The number of ether oxygens (including phenoxy) is 1. The van der Waals surface area contributed by atoms with Gasteiger partial charge in [0.15, 0.2) is 0 Å². The number of aryl methyl sites for hydroxylation is 1. The highest BCUT2D eigenvalue weighted by Crippen LogP contribution is 2.26. The first-order chi connectivity index (χ1) is 12.0. The van der Waals surface area contributed by atoms with E-state index in [9.17, 15) is 9.59 Å². The van der Waals surface area contributed by atoms with Gasteiger partial charge in [0, 0.05) is 10.7 Å². The van der Waals surface area contributed by atoms with Crippen molar-refractivity contribution in [1.29, 1.82) is 0 Å². The van der Waals surface area contributed by atoms with Crippen LogP contribution in [-0.4, -0.2) is 36.0 Å². The second-order valence-corrected chi connectivity index (χ2v) is 6.40. The minimum Gasteiger partial charge on any atom is -0.492 e. The van der Waals surface area contributed by atoms with E-state index in [4.69, 9.17) is 16.3 Å². The van der Waals surface area contributed by atoms with Crippen molar-refractivity contribution in [2.45, 2.75) is 19.9 Å². The third-order valence-electron chi connectivity index (χ3n) is 4.14. The van der Waals surface area contributed by atoms with Gasteiger partial charge in [-0.3, -0.25) is 14.6 Å². The second kappa shape index (κ2) is 7.15. The molecule has 1 heterocycles. The summed E-state index contributed by atoms with van der Waals surface area (Å²) in [5.74, 6) is 0.385. The van der Waals surface area contributed by atoms with Crippen LogP contribution in [0.25, 0.3) is 0 Å². The minimum absolute atomic E-state index is 0.191. The molecule has 0 spiro atoms. The molecule has 2 aromatic carbocycles. The highest BCUT2D eigenvalue weighted by Gasteiger charge is 2.43. The minimum atomic E-state index is -0.527. The number of rotatable bonds is 5. The summed E-state index contributed by atoms with van der Waals surface area (Å²) in [6, 6.07) is 13.7. The lowest BCUT2D eigenvalue weighted by Gasteiger charge is -2.19. The van der Waals surface area contributed by atoms with Gasteiger partial charge < -0.3 is 4.74 Å². The highest BCUT2D eigenvalue weighted by atomic mass is 35.5. The number of hydrogen-bond donors (Lipinski definition) is 0. The number of carbonyl (C=O) groups is 2. The largest absolute Gasteiger partial charge is 0.492 e. The Morgan fingerprint density at radius 3 is 2.52 bits per heavy atom. The summed E-state index contributed by atoms with van der Waals surface area (Å²) < 4.78 is 5.59. The van der Waals surface area contributed by atoms with Crippen molar-refractivity contribution in [3.8, 4) is 5.75 Å². The van der Waals surface area contributed by atoms with Crippen LogP contribution in [0.3, 0.4) is 0 Å². The Bertz CT molecular complexity index is 792. The highest BCUT2D eigenvalue weighted by molar-refractivity contribution is 6.30. The third kappa shape index (κ3) is 3.61. The van der Waals surface area contributed by atoms with Crippen LogP contribution >= 0.6 is 11.6 Å².